The summed E-state index contributed by atoms with van der Waals surface area (Å²) in [7, 11) is 0. The van der Waals surface area contributed by atoms with Crippen LogP contribution in [0.2, 0.25) is 0 Å². The predicted octanol–water partition coefficient (Wildman–Crippen LogP) is 13.5. The SMILES string of the molecule is CC1(C)c2cc(C=Cc3ccccc3)ccc2-c2ccc(N(c3ccc(C=Cc4ccccc4)cc3)c3cccc(-c4ccccc4)c3)cc21. The smallest absolute Gasteiger partial charge is 0.0467 e. The Hall–Kier alpha value is -6.18. The summed E-state index contributed by atoms with van der Waals surface area (Å²) in [5.74, 6) is 0. The fourth-order valence-corrected chi connectivity index (χ4v) is 7.14. The van der Waals surface area contributed by atoms with E-state index in [0.29, 0.717) is 0 Å². The number of nitrogens with zero attached hydrogens (tertiary/aromatic N) is 1. The van der Waals surface area contributed by atoms with Gasteiger partial charge in [-0.3, -0.25) is 0 Å². The molecule has 0 radical (unpaired) electrons. The number of fused-ring (bicyclic) bond motifs is 3. The molecule has 0 heterocycles. The predicted molar refractivity (Wildman–Crippen MR) is 215 cm³/mol. The quantitative estimate of drug-likeness (QED) is 0.149. The first-order chi connectivity index (χ1) is 24.5. The lowest BCUT2D eigenvalue weighted by atomic mass is 9.81. The highest BCUT2D eigenvalue weighted by Gasteiger charge is 2.36. The Labute approximate surface area is 296 Å². The number of hydrogen-bond donors (Lipinski definition) is 0. The Balaban J connectivity index is 1.18. The van der Waals surface area contributed by atoms with Gasteiger partial charge in [-0.15, -0.1) is 0 Å². The molecule has 0 saturated carbocycles. The van der Waals surface area contributed by atoms with Crippen molar-refractivity contribution in [2.24, 2.45) is 0 Å². The Bertz CT molecular complexity index is 2310. The Kier molecular flexibility index (Phi) is 8.32. The topological polar surface area (TPSA) is 3.24 Å². The monoisotopic (exact) mass is 641 g/mol. The van der Waals surface area contributed by atoms with E-state index in [1.807, 2.05) is 6.07 Å². The van der Waals surface area contributed by atoms with Crippen LogP contribution in [0.1, 0.15) is 47.2 Å². The van der Waals surface area contributed by atoms with Crippen LogP contribution in [0.15, 0.2) is 176 Å². The van der Waals surface area contributed by atoms with Gasteiger partial charge in [0.05, 0.1) is 0 Å². The van der Waals surface area contributed by atoms with Gasteiger partial charge in [0.2, 0.25) is 0 Å². The molecule has 1 nitrogen and oxygen atoms in total. The van der Waals surface area contributed by atoms with E-state index < -0.39 is 0 Å². The van der Waals surface area contributed by atoms with Gasteiger partial charge in [-0.25, -0.2) is 0 Å². The summed E-state index contributed by atoms with van der Waals surface area (Å²) < 4.78 is 0. The second-order valence-corrected chi connectivity index (χ2v) is 13.5. The second kappa shape index (κ2) is 13.4. The first-order valence-electron chi connectivity index (χ1n) is 17.3. The van der Waals surface area contributed by atoms with Crippen molar-refractivity contribution < 1.29 is 0 Å². The zero-order chi connectivity index (χ0) is 33.9. The molecule has 0 spiro atoms. The molecule has 7 aromatic carbocycles. The van der Waals surface area contributed by atoms with Crippen molar-refractivity contribution in [2.45, 2.75) is 19.3 Å². The molecule has 240 valence electrons. The highest BCUT2D eigenvalue weighted by Crippen LogP contribution is 2.51. The van der Waals surface area contributed by atoms with Crippen LogP contribution in [0.4, 0.5) is 17.1 Å². The Morgan fingerprint density at radius 1 is 0.360 bits per heavy atom. The minimum atomic E-state index is -0.152. The van der Waals surface area contributed by atoms with Gasteiger partial charge in [-0.2, -0.15) is 0 Å². The minimum absolute atomic E-state index is 0.152. The van der Waals surface area contributed by atoms with Crippen LogP contribution in [-0.4, -0.2) is 0 Å². The molecule has 1 aliphatic carbocycles. The molecule has 0 saturated heterocycles. The summed E-state index contributed by atoms with van der Waals surface area (Å²) in [6.45, 7) is 4.72. The molecule has 0 fully saturated rings. The van der Waals surface area contributed by atoms with Crippen LogP contribution >= 0.6 is 0 Å². The number of benzene rings is 7. The van der Waals surface area contributed by atoms with Gasteiger partial charge in [-0.05, 0) is 92.0 Å². The maximum Gasteiger partial charge on any atom is 0.0467 e. The van der Waals surface area contributed by atoms with Crippen molar-refractivity contribution in [3.05, 3.63) is 209 Å². The van der Waals surface area contributed by atoms with E-state index in [4.69, 9.17) is 0 Å². The number of hydrogen-bond acceptors (Lipinski definition) is 1. The molecule has 0 aliphatic heterocycles. The van der Waals surface area contributed by atoms with Crippen LogP contribution in [0.25, 0.3) is 46.6 Å². The summed E-state index contributed by atoms with van der Waals surface area (Å²) in [5.41, 5.74) is 15.8. The third kappa shape index (κ3) is 6.22. The van der Waals surface area contributed by atoms with Crippen molar-refractivity contribution in [3.63, 3.8) is 0 Å². The first kappa shape index (κ1) is 31.1. The zero-order valence-corrected chi connectivity index (χ0v) is 28.5. The Morgan fingerprint density at radius 3 is 1.46 bits per heavy atom. The average Bonchev–Trinajstić information content (AvgIpc) is 3.40. The molecule has 50 heavy (non-hydrogen) atoms. The summed E-state index contributed by atoms with van der Waals surface area (Å²) >= 11 is 0. The van der Waals surface area contributed by atoms with E-state index >= 15 is 0 Å². The second-order valence-electron chi connectivity index (χ2n) is 13.5. The van der Waals surface area contributed by atoms with E-state index in [0.717, 1.165) is 17.1 Å². The molecule has 0 atom stereocenters. The summed E-state index contributed by atoms with van der Waals surface area (Å²) in [6.07, 6.45) is 8.76. The zero-order valence-electron chi connectivity index (χ0n) is 28.5. The van der Waals surface area contributed by atoms with Gasteiger partial charge in [-0.1, -0.05) is 178 Å². The van der Waals surface area contributed by atoms with Gasteiger partial charge in [0, 0.05) is 22.5 Å². The molecule has 1 heteroatoms. The number of rotatable bonds is 8. The van der Waals surface area contributed by atoms with Gasteiger partial charge in [0.25, 0.3) is 0 Å². The molecule has 0 amide bonds. The third-order valence-corrected chi connectivity index (χ3v) is 9.84. The normalized spacial score (nSPS) is 13.0. The van der Waals surface area contributed by atoms with Crippen molar-refractivity contribution in [1.82, 2.24) is 0 Å². The molecule has 0 bridgehead atoms. The lowest BCUT2D eigenvalue weighted by Gasteiger charge is -2.28. The third-order valence-electron chi connectivity index (χ3n) is 9.84. The first-order valence-corrected chi connectivity index (χ1v) is 17.3. The van der Waals surface area contributed by atoms with Crippen LogP contribution in [-0.2, 0) is 5.41 Å². The minimum Gasteiger partial charge on any atom is -0.310 e. The summed E-state index contributed by atoms with van der Waals surface area (Å²) in [5, 5.41) is 0. The molecular formula is C49H39N. The molecule has 1 aliphatic rings. The fourth-order valence-electron chi connectivity index (χ4n) is 7.14. The molecule has 0 N–H and O–H groups in total. The van der Waals surface area contributed by atoms with E-state index in [1.165, 1.54) is 55.6 Å². The summed E-state index contributed by atoms with van der Waals surface area (Å²) in [6, 6.07) is 63.3. The van der Waals surface area contributed by atoms with Crippen molar-refractivity contribution in [2.75, 3.05) is 4.90 Å². The van der Waals surface area contributed by atoms with E-state index in [-0.39, 0.29) is 5.41 Å². The highest BCUT2D eigenvalue weighted by atomic mass is 15.1. The van der Waals surface area contributed by atoms with Crippen LogP contribution in [0.5, 0.6) is 0 Å². The van der Waals surface area contributed by atoms with Gasteiger partial charge >= 0.3 is 0 Å². The molecule has 0 aromatic heterocycles. The van der Waals surface area contributed by atoms with Crippen molar-refractivity contribution in [3.8, 4) is 22.3 Å². The lowest BCUT2D eigenvalue weighted by Crippen LogP contribution is -2.16. The van der Waals surface area contributed by atoms with Gasteiger partial charge in [0.15, 0.2) is 0 Å². The maximum absolute atomic E-state index is 2.41. The average molecular weight is 642 g/mol. The molecule has 7 aromatic rings. The Morgan fingerprint density at radius 2 is 0.820 bits per heavy atom. The molecular weight excluding hydrogens is 603 g/mol. The van der Waals surface area contributed by atoms with E-state index in [9.17, 15) is 0 Å². The van der Waals surface area contributed by atoms with E-state index in [1.54, 1.807) is 0 Å². The van der Waals surface area contributed by atoms with Gasteiger partial charge < -0.3 is 4.90 Å². The van der Waals surface area contributed by atoms with Crippen molar-refractivity contribution in [1.29, 1.82) is 0 Å². The lowest BCUT2D eigenvalue weighted by molar-refractivity contribution is 0.660. The molecule has 8 rings (SSSR count). The van der Waals surface area contributed by atoms with Crippen LogP contribution in [0, 0.1) is 0 Å². The molecule has 0 unspecified atom stereocenters. The van der Waals surface area contributed by atoms with Crippen LogP contribution in [0.3, 0.4) is 0 Å². The maximum atomic E-state index is 2.41. The summed E-state index contributed by atoms with van der Waals surface area (Å²) in [4.78, 5) is 2.39. The standard InChI is InChI=1S/C49H39N/c1-49(2)47-33-39(24-23-37-15-8-4-9-16-37)27-31-45(47)46-32-30-44(35-48(46)49)50(43-20-12-19-41(34-43)40-17-10-5-11-18-40)42-28-25-38(26-29-42)22-21-36-13-6-3-7-14-36/h3-35H,1-2H3. The number of anilines is 3. The van der Waals surface area contributed by atoms with Crippen LogP contribution < -0.4 is 4.90 Å². The van der Waals surface area contributed by atoms with Gasteiger partial charge in [0.1, 0.15) is 0 Å². The van der Waals surface area contributed by atoms with E-state index in [2.05, 4.69) is 213 Å². The van der Waals surface area contributed by atoms with Crippen molar-refractivity contribution >= 4 is 41.4 Å². The fraction of sp³-hybridized carbons (Fsp3) is 0.0612. The largest absolute Gasteiger partial charge is 0.310 e. The highest BCUT2D eigenvalue weighted by molar-refractivity contribution is 5.87.